The van der Waals surface area contributed by atoms with E-state index in [1.807, 2.05) is 36.4 Å². The molecular formula is C40H25N3O. The normalized spacial score (nSPS) is 11.6. The average Bonchev–Trinajstić information content (AvgIpc) is 3.65. The second-order valence-corrected chi connectivity index (χ2v) is 11.0. The van der Waals surface area contributed by atoms with Gasteiger partial charge >= 0.3 is 0 Å². The molecule has 3 aromatic heterocycles. The van der Waals surface area contributed by atoms with Crippen LogP contribution in [0.25, 0.3) is 83.3 Å². The molecule has 0 aliphatic heterocycles. The molecule has 0 aliphatic carbocycles. The van der Waals surface area contributed by atoms with E-state index in [2.05, 4.69) is 120 Å². The van der Waals surface area contributed by atoms with Gasteiger partial charge in [0.2, 0.25) is 0 Å². The Bertz CT molecular complexity index is 2490. The highest BCUT2D eigenvalue weighted by Crippen LogP contribution is 2.40. The van der Waals surface area contributed by atoms with Gasteiger partial charge in [-0.25, -0.2) is 9.97 Å². The highest BCUT2D eigenvalue weighted by molar-refractivity contribution is 6.13. The molecule has 0 atom stereocenters. The highest BCUT2D eigenvalue weighted by Gasteiger charge is 2.20. The van der Waals surface area contributed by atoms with Crippen molar-refractivity contribution in [3.05, 3.63) is 152 Å². The molecule has 0 spiro atoms. The van der Waals surface area contributed by atoms with Crippen LogP contribution in [0.15, 0.2) is 156 Å². The Labute approximate surface area is 253 Å². The number of hydrogen-bond donors (Lipinski definition) is 0. The molecule has 0 amide bonds. The molecule has 9 rings (SSSR count). The van der Waals surface area contributed by atoms with Gasteiger partial charge in [0.15, 0.2) is 5.82 Å². The zero-order valence-electron chi connectivity index (χ0n) is 23.7. The molecule has 4 heteroatoms. The fraction of sp³-hybridized carbons (Fsp3) is 0. The predicted octanol–water partition coefficient (Wildman–Crippen LogP) is 10.5. The van der Waals surface area contributed by atoms with E-state index in [0.717, 1.165) is 72.1 Å². The number of fused-ring (bicyclic) bond motifs is 6. The molecule has 6 aromatic carbocycles. The van der Waals surface area contributed by atoms with E-state index in [0.29, 0.717) is 5.82 Å². The average molecular weight is 564 g/mol. The Morgan fingerprint density at radius 3 is 1.95 bits per heavy atom. The van der Waals surface area contributed by atoms with Gasteiger partial charge < -0.3 is 8.98 Å². The lowest BCUT2D eigenvalue weighted by atomic mass is 10.0. The van der Waals surface area contributed by atoms with Gasteiger partial charge in [-0.15, -0.1) is 0 Å². The maximum Gasteiger partial charge on any atom is 0.162 e. The number of para-hydroxylation sites is 5. The van der Waals surface area contributed by atoms with Gasteiger partial charge in [-0.1, -0.05) is 109 Å². The minimum Gasteiger partial charge on any atom is -0.455 e. The Hall–Kier alpha value is -6.00. The minimum absolute atomic E-state index is 0.667. The molecule has 4 nitrogen and oxygen atoms in total. The summed E-state index contributed by atoms with van der Waals surface area (Å²) >= 11 is 0. The first-order chi connectivity index (χ1) is 21.8. The second-order valence-electron chi connectivity index (χ2n) is 11.0. The van der Waals surface area contributed by atoms with E-state index in [-0.39, 0.29) is 0 Å². The first-order valence-corrected chi connectivity index (χ1v) is 14.8. The van der Waals surface area contributed by atoms with Crippen LogP contribution in [0, 0.1) is 0 Å². The van der Waals surface area contributed by atoms with Crippen molar-refractivity contribution in [2.24, 2.45) is 0 Å². The zero-order chi connectivity index (χ0) is 29.0. The summed E-state index contributed by atoms with van der Waals surface area (Å²) in [6.45, 7) is 0. The van der Waals surface area contributed by atoms with Crippen LogP contribution in [0.5, 0.6) is 0 Å². The minimum atomic E-state index is 0.667. The molecule has 0 fully saturated rings. The van der Waals surface area contributed by atoms with E-state index in [9.17, 15) is 0 Å². The van der Waals surface area contributed by atoms with E-state index in [1.54, 1.807) is 0 Å². The van der Waals surface area contributed by atoms with Crippen molar-refractivity contribution in [1.82, 2.24) is 14.5 Å². The SMILES string of the molecule is c1ccc(-c2cc(-c3cccc4c3oc3ccccc34)nc(-c3cccc4c5ccccc5n(-c5ccccc5)c34)n2)cc1. The summed E-state index contributed by atoms with van der Waals surface area (Å²) in [6.07, 6.45) is 0. The first kappa shape index (κ1) is 24.6. The van der Waals surface area contributed by atoms with Crippen LogP contribution >= 0.6 is 0 Å². The van der Waals surface area contributed by atoms with E-state index < -0.39 is 0 Å². The molecule has 0 N–H and O–H groups in total. The maximum absolute atomic E-state index is 6.45. The van der Waals surface area contributed by atoms with Gasteiger partial charge in [-0.05, 0) is 42.5 Å². The maximum atomic E-state index is 6.45. The van der Waals surface area contributed by atoms with Crippen LogP contribution in [0.1, 0.15) is 0 Å². The fourth-order valence-electron chi connectivity index (χ4n) is 6.46. The molecule has 206 valence electrons. The van der Waals surface area contributed by atoms with E-state index in [4.69, 9.17) is 14.4 Å². The number of nitrogens with zero attached hydrogens (tertiary/aromatic N) is 3. The highest BCUT2D eigenvalue weighted by atomic mass is 16.3. The number of rotatable bonds is 4. The third kappa shape index (κ3) is 3.78. The van der Waals surface area contributed by atoms with E-state index in [1.165, 1.54) is 5.39 Å². The van der Waals surface area contributed by atoms with Gasteiger partial charge in [-0.3, -0.25) is 0 Å². The standard InChI is InChI=1S/C40H25N3O/c1-3-13-26(14-4-1)34-25-35(32-21-12-20-31-29-18-8-10-24-37(29)44-39(31)32)42-40(41-34)33-22-11-19-30-28-17-7-9-23-36(28)43(38(30)33)27-15-5-2-6-16-27/h1-25H. The molecule has 9 aromatic rings. The Kier molecular flexibility index (Phi) is 5.47. The molecule has 0 bridgehead atoms. The number of benzene rings is 6. The fourth-order valence-corrected chi connectivity index (χ4v) is 6.46. The quantitative estimate of drug-likeness (QED) is 0.214. The van der Waals surface area contributed by atoms with Crippen LogP contribution in [0.4, 0.5) is 0 Å². The van der Waals surface area contributed by atoms with Crippen molar-refractivity contribution in [1.29, 1.82) is 0 Å². The Morgan fingerprint density at radius 1 is 0.477 bits per heavy atom. The van der Waals surface area contributed by atoms with Gasteiger partial charge in [0.25, 0.3) is 0 Å². The summed E-state index contributed by atoms with van der Waals surface area (Å²) in [4.78, 5) is 10.5. The largest absolute Gasteiger partial charge is 0.455 e. The predicted molar refractivity (Wildman–Crippen MR) is 180 cm³/mol. The van der Waals surface area contributed by atoms with Gasteiger partial charge in [0, 0.05) is 43.9 Å². The van der Waals surface area contributed by atoms with Crippen molar-refractivity contribution in [3.8, 4) is 39.6 Å². The van der Waals surface area contributed by atoms with Crippen LogP contribution < -0.4 is 0 Å². The van der Waals surface area contributed by atoms with Crippen molar-refractivity contribution in [2.75, 3.05) is 0 Å². The summed E-state index contributed by atoms with van der Waals surface area (Å²) in [6, 6.07) is 52.4. The lowest BCUT2D eigenvalue weighted by Gasteiger charge is -2.13. The van der Waals surface area contributed by atoms with Crippen molar-refractivity contribution >= 4 is 43.7 Å². The second kappa shape index (κ2) is 9.79. The monoisotopic (exact) mass is 563 g/mol. The van der Waals surface area contributed by atoms with Crippen molar-refractivity contribution < 1.29 is 4.42 Å². The summed E-state index contributed by atoms with van der Waals surface area (Å²) < 4.78 is 8.78. The smallest absolute Gasteiger partial charge is 0.162 e. The third-order valence-electron chi connectivity index (χ3n) is 8.43. The molecule has 0 radical (unpaired) electrons. The number of furan rings is 1. The lowest BCUT2D eigenvalue weighted by Crippen LogP contribution is -1.99. The Balaban J connectivity index is 1.37. The van der Waals surface area contributed by atoms with Crippen LogP contribution in [0.2, 0.25) is 0 Å². The van der Waals surface area contributed by atoms with Crippen LogP contribution in [-0.4, -0.2) is 14.5 Å². The number of hydrogen-bond acceptors (Lipinski definition) is 3. The molecule has 0 aliphatic rings. The number of aromatic nitrogens is 3. The van der Waals surface area contributed by atoms with Crippen LogP contribution in [-0.2, 0) is 0 Å². The van der Waals surface area contributed by atoms with Crippen molar-refractivity contribution in [2.45, 2.75) is 0 Å². The van der Waals surface area contributed by atoms with Gasteiger partial charge in [0.1, 0.15) is 11.2 Å². The molecule has 0 unspecified atom stereocenters. The Morgan fingerprint density at radius 2 is 1.11 bits per heavy atom. The summed E-state index contributed by atoms with van der Waals surface area (Å²) in [5, 5.41) is 4.53. The third-order valence-corrected chi connectivity index (χ3v) is 8.43. The summed E-state index contributed by atoms with van der Waals surface area (Å²) in [5.74, 6) is 0.667. The zero-order valence-corrected chi connectivity index (χ0v) is 23.7. The molecule has 0 saturated carbocycles. The summed E-state index contributed by atoms with van der Waals surface area (Å²) in [5.41, 5.74) is 9.64. The topological polar surface area (TPSA) is 43.9 Å². The lowest BCUT2D eigenvalue weighted by molar-refractivity contribution is 0.670. The first-order valence-electron chi connectivity index (χ1n) is 14.8. The van der Waals surface area contributed by atoms with Gasteiger partial charge in [-0.2, -0.15) is 0 Å². The van der Waals surface area contributed by atoms with E-state index >= 15 is 0 Å². The molecular weight excluding hydrogens is 538 g/mol. The van der Waals surface area contributed by atoms with Crippen LogP contribution in [0.3, 0.4) is 0 Å². The molecule has 0 saturated heterocycles. The van der Waals surface area contributed by atoms with Crippen molar-refractivity contribution in [3.63, 3.8) is 0 Å². The molecule has 44 heavy (non-hydrogen) atoms. The summed E-state index contributed by atoms with van der Waals surface area (Å²) in [7, 11) is 0. The molecule has 3 heterocycles. The van der Waals surface area contributed by atoms with Gasteiger partial charge in [0.05, 0.1) is 22.4 Å².